The average Bonchev–Trinajstić information content (AvgIpc) is 2.52. The van der Waals surface area contributed by atoms with Gasteiger partial charge in [-0.05, 0) is 47.9 Å². The van der Waals surface area contributed by atoms with Gasteiger partial charge >= 0.3 is 0 Å². The monoisotopic (exact) mass is 130 g/mol. The fourth-order valence-electron chi connectivity index (χ4n) is 1.99. The first-order valence-corrected chi connectivity index (χ1v) is 4.07. The summed E-state index contributed by atoms with van der Waals surface area (Å²) in [5, 5.41) is 0. The third kappa shape index (κ3) is 0.518. The van der Waals surface area contributed by atoms with Crippen LogP contribution in [0.5, 0.6) is 0 Å². The van der Waals surface area contributed by atoms with Crippen molar-refractivity contribution in [2.75, 3.05) is 0 Å². The Labute approximate surface area is 60.9 Å². The number of aryl methyl sites for hydroxylation is 2. The minimum absolute atomic E-state index is 1.28. The molecule has 0 N–H and O–H groups in total. The Bertz CT molecular complexity index is 268. The van der Waals surface area contributed by atoms with Crippen LogP contribution in [0.4, 0.5) is 0 Å². The standard InChI is InChI=1S/C10H10/c1-2-7-4-9-6-10(9)5-8(7)3-1/h4-5H,1-3,6H2. The van der Waals surface area contributed by atoms with Crippen LogP contribution in [0.3, 0.4) is 0 Å². The second-order valence-electron chi connectivity index (χ2n) is 3.42. The molecule has 3 rings (SSSR count). The number of fused-ring (bicyclic) bond motifs is 2. The van der Waals surface area contributed by atoms with E-state index in [0.29, 0.717) is 0 Å². The van der Waals surface area contributed by atoms with Crippen molar-refractivity contribution in [1.29, 1.82) is 0 Å². The predicted octanol–water partition coefficient (Wildman–Crippen LogP) is 2.08. The maximum atomic E-state index is 2.41. The molecule has 0 aliphatic heterocycles. The van der Waals surface area contributed by atoms with Gasteiger partial charge in [0.15, 0.2) is 0 Å². The molecule has 0 atom stereocenters. The predicted molar refractivity (Wildman–Crippen MR) is 41.3 cm³/mol. The second-order valence-corrected chi connectivity index (χ2v) is 3.42. The quantitative estimate of drug-likeness (QED) is 0.512. The van der Waals surface area contributed by atoms with Crippen LogP contribution in [0, 0.1) is 0 Å². The van der Waals surface area contributed by atoms with Gasteiger partial charge in [-0.2, -0.15) is 0 Å². The summed E-state index contributed by atoms with van der Waals surface area (Å²) in [6.45, 7) is 0. The van der Waals surface area contributed by atoms with Gasteiger partial charge in [-0.1, -0.05) is 12.1 Å². The zero-order valence-corrected chi connectivity index (χ0v) is 5.98. The molecule has 0 bridgehead atoms. The van der Waals surface area contributed by atoms with Gasteiger partial charge in [0.05, 0.1) is 0 Å². The van der Waals surface area contributed by atoms with Gasteiger partial charge < -0.3 is 0 Å². The number of hydrogen-bond donors (Lipinski definition) is 0. The molecule has 0 aromatic heterocycles. The molecule has 10 heavy (non-hydrogen) atoms. The molecule has 0 spiro atoms. The molecule has 0 saturated carbocycles. The molecular weight excluding hydrogens is 120 g/mol. The van der Waals surface area contributed by atoms with Crippen LogP contribution in [0.15, 0.2) is 12.1 Å². The molecule has 0 radical (unpaired) electrons. The Morgan fingerprint density at radius 1 is 0.800 bits per heavy atom. The van der Waals surface area contributed by atoms with Gasteiger partial charge in [0.2, 0.25) is 0 Å². The fraction of sp³-hybridized carbons (Fsp3) is 0.400. The van der Waals surface area contributed by atoms with Crippen LogP contribution in [-0.4, -0.2) is 0 Å². The van der Waals surface area contributed by atoms with Gasteiger partial charge in [0, 0.05) is 0 Å². The average molecular weight is 130 g/mol. The highest BCUT2D eigenvalue weighted by Gasteiger charge is 2.21. The number of hydrogen-bond acceptors (Lipinski definition) is 0. The molecule has 0 fully saturated rings. The molecule has 50 valence electrons. The summed E-state index contributed by atoms with van der Waals surface area (Å²) < 4.78 is 0. The molecule has 0 unspecified atom stereocenters. The third-order valence-electron chi connectivity index (χ3n) is 2.67. The Morgan fingerprint density at radius 2 is 1.40 bits per heavy atom. The van der Waals surface area contributed by atoms with E-state index in [2.05, 4.69) is 12.1 Å². The van der Waals surface area contributed by atoms with Crippen molar-refractivity contribution in [3.63, 3.8) is 0 Å². The molecule has 2 aliphatic rings. The Kier molecular flexibility index (Phi) is 0.715. The minimum Gasteiger partial charge on any atom is -0.0549 e. The zero-order valence-electron chi connectivity index (χ0n) is 5.98. The van der Waals surface area contributed by atoms with E-state index in [4.69, 9.17) is 0 Å². The first-order chi connectivity index (χ1) is 4.93. The van der Waals surface area contributed by atoms with Crippen LogP contribution in [0.25, 0.3) is 0 Å². The van der Waals surface area contributed by atoms with E-state index in [9.17, 15) is 0 Å². The Morgan fingerprint density at radius 3 is 2.00 bits per heavy atom. The molecule has 0 amide bonds. The molecule has 0 heterocycles. The van der Waals surface area contributed by atoms with Crippen molar-refractivity contribution in [1.82, 2.24) is 0 Å². The third-order valence-corrected chi connectivity index (χ3v) is 2.67. The summed E-state index contributed by atoms with van der Waals surface area (Å²) in [4.78, 5) is 0. The normalized spacial score (nSPS) is 18.4. The van der Waals surface area contributed by atoms with Crippen LogP contribution in [-0.2, 0) is 19.3 Å². The minimum atomic E-state index is 1.28. The van der Waals surface area contributed by atoms with Gasteiger partial charge in [-0.3, -0.25) is 0 Å². The van der Waals surface area contributed by atoms with Crippen LogP contribution in [0.2, 0.25) is 0 Å². The lowest BCUT2D eigenvalue weighted by Crippen LogP contribution is -1.77. The maximum absolute atomic E-state index is 2.41. The first kappa shape index (κ1) is 4.95. The summed E-state index contributed by atoms with van der Waals surface area (Å²) in [7, 11) is 0. The molecule has 0 saturated heterocycles. The number of rotatable bonds is 0. The largest absolute Gasteiger partial charge is 0.0549 e. The summed E-state index contributed by atoms with van der Waals surface area (Å²) in [6, 6.07) is 4.83. The van der Waals surface area contributed by atoms with Crippen LogP contribution >= 0.6 is 0 Å². The zero-order chi connectivity index (χ0) is 6.55. The fourth-order valence-corrected chi connectivity index (χ4v) is 1.99. The summed E-state index contributed by atoms with van der Waals surface area (Å²) in [5.41, 5.74) is 6.49. The van der Waals surface area contributed by atoms with Crippen molar-refractivity contribution in [2.45, 2.75) is 25.7 Å². The molecule has 2 aliphatic carbocycles. The van der Waals surface area contributed by atoms with Gasteiger partial charge in [0.1, 0.15) is 0 Å². The van der Waals surface area contributed by atoms with Crippen LogP contribution < -0.4 is 0 Å². The van der Waals surface area contributed by atoms with E-state index in [0.717, 1.165) is 0 Å². The van der Waals surface area contributed by atoms with Crippen molar-refractivity contribution in [3.8, 4) is 0 Å². The van der Waals surface area contributed by atoms with E-state index in [1.54, 1.807) is 22.3 Å². The SMILES string of the molecule is c1c2c(cc3c1C3)CCC2. The van der Waals surface area contributed by atoms with Gasteiger partial charge in [-0.15, -0.1) is 0 Å². The first-order valence-electron chi connectivity index (χ1n) is 4.07. The summed E-state index contributed by atoms with van der Waals surface area (Å²) in [5.74, 6) is 0. The molecular formula is C10H10. The van der Waals surface area contributed by atoms with E-state index in [-0.39, 0.29) is 0 Å². The van der Waals surface area contributed by atoms with Crippen molar-refractivity contribution in [2.24, 2.45) is 0 Å². The summed E-state index contributed by atoms with van der Waals surface area (Å²) >= 11 is 0. The highest BCUT2D eigenvalue weighted by atomic mass is 14.3. The Hall–Kier alpha value is -0.780. The van der Waals surface area contributed by atoms with Crippen molar-refractivity contribution < 1.29 is 0 Å². The second kappa shape index (κ2) is 1.45. The lowest BCUT2D eigenvalue weighted by Gasteiger charge is -1.92. The van der Waals surface area contributed by atoms with Gasteiger partial charge in [0.25, 0.3) is 0 Å². The smallest absolute Gasteiger partial charge is 0.00199 e. The topological polar surface area (TPSA) is 0 Å². The summed E-state index contributed by atoms with van der Waals surface area (Å²) in [6.07, 6.45) is 5.34. The highest BCUT2D eigenvalue weighted by molar-refractivity contribution is 5.51. The van der Waals surface area contributed by atoms with Crippen molar-refractivity contribution >= 4 is 0 Å². The molecule has 1 aromatic carbocycles. The lowest BCUT2D eigenvalue weighted by atomic mass is 10.1. The van der Waals surface area contributed by atoms with E-state index >= 15 is 0 Å². The molecule has 0 heteroatoms. The van der Waals surface area contributed by atoms with E-state index in [1.165, 1.54) is 25.7 Å². The van der Waals surface area contributed by atoms with E-state index in [1.807, 2.05) is 0 Å². The highest BCUT2D eigenvalue weighted by Crippen LogP contribution is 2.34. The van der Waals surface area contributed by atoms with Crippen LogP contribution in [0.1, 0.15) is 28.7 Å². The maximum Gasteiger partial charge on any atom is -0.00199 e. The van der Waals surface area contributed by atoms with Gasteiger partial charge in [-0.25, -0.2) is 0 Å². The molecule has 0 nitrogen and oxygen atoms in total. The number of benzene rings is 1. The van der Waals surface area contributed by atoms with E-state index < -0.39 is 0 Å². The van der Waals surface area contributed by atoms with Crippen molar-refractivity contribution in [3.05, 3.63) is 34.4 Å². The Balaban J connectivity index is 2.28. The molecule has 1 aromatic rings. The lowest BCUT2D eigenvalue weighted by molar-refractivity contribution is 0.911.